The molecule has 2 rings (SSSR count). The van der Waals surface area contributed by atoms with Crippen LogP contribution >= 0.6 is 0 Å². The zero-order valence-electron chi connectivity index (χ0n) is 9.16. The SMILES string of the molecule is CC[B]C1OC2(CC)COC1C2OC. The van der Waals surface area contributed by atoms with E-state index >= 15 is 0 Å². The molecule has 0 N–H and O–H groups in total. The van der Waals surface area contributed by atoms with E-state index in [1.54, 1.807) is 7.11 Å². The van der Waals surface area contributed by atoms with Crippen molar-refractivity contribution in [3.8, 4) is 0 Å². The summed E-state index contributed by atoms with van der Waals surface area (Å²) >= 11 is 0. The molecule has 1 radical (unpaired) electrons. The molecule has 2 saturated heterocycles. The Bertz CT molecular complexity index is 212. The van der Waals surface area contributed by atoms with Gasteiger partial charge in [-0.3, -0.25) is 0 Å². The molecule has 14 heavy (non-hydrogen) atoms. The van der Waals surface area contributed by atoms with Crippen LogP contribution in [-0.2, 0) is 14.2 Å². The molecule has 79 valence electrons. The van der Waals surface area contributed by atoms with E-state index in [0.29, 0.717) is 6.61 Å². The van der Waals surface area contributed by atoms with Crippen LogP contribution in [0.4, 0.5) is 0 Å². The highest BCUT2D eigenvalue weighted by Gasteiger charge is 2.60. The van der Waals surface area contributed by atoms with E-state index < -0.39 is 0 Å². The monoisotopic (exact) mass is 197 g/mol. The van der Waals surface area contributed by atoms with Crippen molar-refractivity contribution in [2.45, 2.75) is 50.4 Å². The number of fused-ring (bicyclic) bond motifs is 2. The molecule has 0 aromatic carbocycles. The predicted octanol–water partition coefficient (Wildman–Crippen LogP) is 1.05. The quantitative estimate of drug-likeness (QED) is 0.630. The van der Waals surface area contributed by atoms with Gasteiger partial charge in [-0.15, -0.1) is 0 Å². The van der Waals surface area contributed by atoms with Crippen LogP contribution in [0, 0.1) is 0 Å². The molecule has 2 fully saturated rings. The molecule has 2 bridgehead atoms. The van der Waals surface area contributed by atoms with Crippen LogP contribution in [0.1, 0.15) is 20.3 Å². The lowest BCUT2D eigenvalue weighted by Crippen LogP contribution is -2.41. The fourth-order valence-electron chi connectivity index (χ4n) is 2.56. The Balaban J connectivity index is 2.12. The minimum absolute atomic E-state index is 0.111. The first-order valence-electron chi connectivity index (χ1n) is 5.43. The van der Waals surface area contributed by atoms with Gasteiger partial charge in [0.15, 0.2) is 7.28 Å². The van der Waals surface area contributed by atoms with Gasteiger partial charge in [0.1, 0.15) is 17.8 Å². The predicted molar refractivity (Wildman–Crippen MR) is 54.7 cm³/mol. The van der Waals surface area contributed by atoms with Crippen LogP contribution in [-0.4, -0.2) is 44.8 Å². The summed E-state index contributed by atoms with van der Waals surface area (Å²) in [5, 5.41) is 0. The second kappa shape index (κ2) is 3.84. The van der Waals surface area contributed by atoms with Gasteiger partial charge in [-0.1, -0.05) is 20.2 Å². The molecule has 0 aromatic heterocycles. The summed E-state index contributed by atoms with van der Waals surface area (Å²) in [5.74, 6) is 0. The van der Waals surface area contributed by atoms with Crippen molar-refractivity contribution >= 4 is 7.28 Å². The summed E-state index contributed by atoms with van der Waals surface area (Å²) in [6.45, 7) is 4.93. The second-order valence-electron chi connectivity index (χ2n) is 4.08. The lowest BCUT2D eigenvalue weighted by Gasteiger charge is -2.30. The first kappa shape index (κ1) is 10.5. The van der Waals surface area contributed by atoms with Crippen LogP contribution in [0.15, 0.2) is 0 Å². The summed E-state index contributed by atoms with van der Waals surface area (Å²) in [6.07, 6.45) is 2.19. The summed E-state index contributed by atoms with van der Waals surface area (Å²) in [7, 11) is 3.92. The van der Waals surface area contributed by atoms with E-state index in [1.165, 1.54) is 0 Å². The number of rotatable bonds is 4. The molecular weight excluding hydrogens is 179 g/mol. The third-order valence-electron chi connectivity index (χ3n) is 3.35. The minimum Gasteiger partial charge on any atom is -0.376 e. The van der Waals surface area contributed by atoms with Gasteiger partial charge in [0.05, 0.1) is 12.6 Å². The number of methoxy groups -OCH3 is 1. The van der Waals surface area contributed by atoms with E-state index in [1.807, 2.05) is 0 Å². The molecule has 2 aliphatic rings. The normalized spacial score (nSPS) is 45.8. The van der Waals surface area contributed by atoms with E-state index in [9.17, 15) is 0 Å². The van der Waals surface area contributed by atoms with Crippen LogP contribution in [0.5, 0.6) is 0 Å². The Kier molecular flexibility index (Phi) is 2.87. The highest BCUT2D eigenvalue weighted by atomic mass is 16.7. The fourth-order valence-corrected chi connectivity index (χ4v) is 2.56. The highest BCUT2D eigenvalue weighted by molar-refractivity contribution is 6.37. The standard InChI is InChI=1S/C10H18BO3/c1-4-10-6-13-7(8(10)12-3)9(14-10)11-5-2/h7-9H,4-6H2,1-3H3. The molecule has 2 heterocycles. The average Bonchev–Trinajstić information content (AvgIpc) is 2.70. The summed E-state index contributed by atoms with van der Waals surface area (Å²) < 4.78 is 17.3. The van der Waals surface area contributed by atoms with Crippen LogP contribution in [0.25, 0.3) is 0 Å². The molecule has 4 heteroatoms. The van der Waals surface area contributed by atoms with E-state index in [4.69, 9.17) is 14.2 Å². The zero-order chi connectivity index (χ0) is 10.2. The largest absolute Gasteiger partial charge is 0.376 e. The van der Waals surface area contributed by atoms with Crippen molar-refractivity contribution in [3.63, 3.8) is 0 Å². The van der Waals surface area contributed by atoms with Crippen LogP contribution in [0.3, 0.4) is 0 Å². The van der Waals surface area contributed by atoms with Gasteiger partial charge in [-0.25, -0.2) is 0 Å². The molecule has 3 nitrogen and oxygen atoms in total. The molecule has 0 spiro atoms. The number of ether oxygens (including phenoxy) is 3. The maximum atomic E-state index is 6.04. The molecule has 0 amide bonds. The van der Waals surface area contributed by atoms with Crippen molar-refractivity contribution < 1.29 is 14.2 Å². The summed E-state index contributed by atoms with van der Waals surface area (Å²) in [5.41, 5.74) is -0.185. The first-order valence-corrected chi connectivity index (χ1v) is 5.43. The Hall–Kier alpha value is -0.0551. The van der Waals surface area contributed by atoms with E-state index in [2.05, 4.69) is 21.1 Å². The molecule has 0 saturated carbocycles. The van der Waals surface area contributed by atoms with Crippen LogP contribution < -0.4 is 0 Å². The van der Waals surface area contributed by atoms with Crippen molar-refractivity contribution in [3.05, 3.63) is 0 Å². The van der Waals surface area contributed by atoms with Gasteiger partial charge in [0.2, 0.25) is 0 Å². The molecule has 0 aliphatic carbocycles. The second-order valence-corrected chi connectivity index (χ2v) is 4.08. The lowest BCUT2D eigenvalue weighted by atomic mass is 9.67. The molecular formula is C10H18BO3. The molecule has 2 aliphatic heterocycles. The summed E-state index contributed by atoms with van der Waals surface area (Å²) in [6, 6.07) is 0.124. The van der Waals surface area contributed by atoms with E-state index in [0.717, 1.165) is 12.7 Å². The highest BCUT2D eigenvalue weighted by Crippen LogP contribution is 2.43. The third-order valence-corrected chi connectivity index (χ3v) is 3.35. The summed E-state index contributed by atoms with van der Waals surface area (Å²) in [4.78, 5) is 0. The molecule has 4 atom stereocenters. The van der Waals surface area contributed by atoms with Crippen molar-refractivity contribution in [2.75, 3.05) is 13.7 Å². The van der Waals surface area contributed by atoms with Crippen molar-refractivity contribution in [2.24, 2.45) is 0 Å². The van der Waals surface area contributed by atoms with Crippen molar-refractivity contribution in [1.29, 1.82) is 0 Å². The number of hydrogen-bond donors (Lipinski definition) is 0. The van der Waals surface area contributed by atoms with Crippen LogP contribution in [0.2, 0.25) is 6.32 Å². The maximum absolute atomic E-state index is 6.04. The van der Waals surface area contributed by atoms with Crippen molar-refractivity contribution in [1.82, 2.24) is 0 Å². The van der Waals surface area contributed by atoms with Gasteiger partial charge < -0.3 is 14.2 Å². The van der Waals surface area contributed by atoms with Gasteiger partial charge >= 0.3 is 0 Å². The van der Waals surface area contributed by atoms with E-state index in [-0.39, 0.29) is 23.8 Å². The number of hydrogen-bond acceptors (Lipinski definition) is 3. The minimum atomic E-state index is -0.185. The molecule has 4 unspecified atom stereocenters. The van der Waals surface area contributed by atoms with Gasteiger partial charge in [0.25, 0.3) is 0 Å². The molecule has 0 aromatic rings. The first-order chi connectivity index (χ1) is 6.77. The Morgan fingerprint density at radius 2 is 2.29 bits per heavy atom. The average molecular weight is 197 g/mol. The maximum Gasteiger partial charge on any atom is 0.152 e. The Morgan fingerprint density at radius 1 is 1.50 bits per heavy atom. The van der Waals surface area contributed by atoms with Gasteiger partial charge in [-0.05, 0) is 6.42 Å². The Morgan fingerprint density at radius 3 is 2.79 bits per heavy atom. The zero-order valence-corrected chi connectivity index (χ0v) is 9.16. The third kappa shape index (κ3) is 1.32. The fraction of sp³-hybridized carbons (Fsp3) is 1.00. The lowest BCUT2D eigenvalue weighted by molar-refractivity contribution is -0.121. The smallest absolute Gasteiger partial charge is 0.152 e. The Labute approximate surface area is 86.3 Å². The van der Waals surface area contributed by atoms with Gasteiger partial charge in [-0.2, -0.15) is 0 Å². The van der Waals surface area contributed by atoms with Gasteiger partial charge in [0, 0.05) is 7.11 Å². The topological polar surface area (TPSA) is 27.7 Å².